The van der Waals surface area contributed by atoms with Gasteiger partial charge in [-0.1, -0.05) is 18.5 Å². The quantitative estimate of drug-likeness (QED) is 0.777. The van der Waals surface area contributed by atoms with E-state index in [0.717, 1.165) is 15.7 Å². The molecule has 21 heavy (non-hydrogen) atoms. The number of hydrogen-bond acceptors (Lipinski definition) is 4. The molecule has 1 aliphatic rings. The molecule has 0 bridgehead atoms. The van der Waals surface area contributed by atoms with Gasteiger partial charge >= 0.3 is 0 Å². The zero-order valence-electron chi connectivity index (χ0n) is 11.5. The molecular weight excluding hydrogens is 360 g/mol. The molecule has 0 aliphatic carbocycles. The molecule has 1 heterocycles. The van der Waals surface area contributed by atoms with Crippen LogP contribution in [-0.4, -0.2) is 29.9 Å². The van der Waals surface area contributed by atoms with Crippen molar-refractivity contribution >= 4 is 39.1 Å². The number of carbonyl (C=O) groups excluding carboxylic acids is 1. The number of amides is 1. The standard InChI is InChI=1S/C14H16BrClN2O3/c1-8-5-12(20)17-18-13(8)9-6-10(15)14(11(16)7-9)21-4-2-3-19/h6-8,19H,2-5H2,1H3,(H,17,20). The molecule has 2 rings (SSSR count). The first-order valence-electron chi connectivity index (χ1n) is 6.62. The number of rotatable bonds is 5. The molecule has 0 saturated carbocycles. The molecule has 0 aromatic heterocycles. The molecule has 0 fully saturated rings. The summed E-state index contributed by atoms with van der Waals surface area (Å²) in [6.45, 7) is 2.41. The Balaban J connectivity index is 2.25. The van der Waals surface area contributed by atoms with Crippen LogP contribution in [0, 0.1) is 5.92 Å². The largest absolute Gasteiger partial charge is 0.491 e. The van der Waals surface area contributed by atoms with E-state index in [-0.39, 0.29) is 18.4 Å². The highest BCUT2D eigenvalue weighted by molar-refractivity contribution is 9.10. The number of carbonyl (C=O) groups is 1. The normalized spacial score (nSPS) is 18.2. The fourth-order valence-electron chi connectivity index (χ4n) is 2.09. The van der Waals surface area contributed by atoms with E-state index in [2.05, 4.69) is 26.5 Å². The van der Waals surface area contributed by atoms with E-state index in [4.69, 9.17) is 21.4 Å². The number of nitrogens with one attached hydrogen (secondary N) is 1. The molecule has 114 valence electrons. The van der Waals surface area contributed by atoms with Crippen LogP contribution >= 0.6 is 27.5 Å². The second kappa shape index (κ2) is 7.24. The molecule has 1 unspecified atom stereocenters. The molecular formula is C14H16BrClN2O3. The lowest BCUT2D eigenvalue weighted by Gasteiger charge is -2.20. The van der Waals surface area contributed by atoms with Crippen molar-refractivity contribution in [3.05, 3.63) is 27.2 Å². The number of nitrogens with zero attached hydrogens (tertiary/aromatic N) is 1. The van der Waals surface area contributed by atoms with Gasteiger partial charge in [0.2, 0.25) is 5.91 Å². The third kappa shape index (κ3) is 3.96. The Labute approximate surface area is 136 Å². The summed E-state index contributed by atoms with van der Waals surface area (Å²) in [5.74, 6) is 0.491. The van der Waals surface area contributed by atoms with E-state index in [1.165, 1.54) is 0 Å². The number of halogens is 2. The highest BCUT2D eigenvalue weighted by Gasteiger charge is 2.23. The Morgan fingerprint density at radius 2 is 2.33 bits per heavy atom. The average molecular weight is 376 g/mol. The zero-order valence-corrected chi connectivity index (χ0v) is 13.9. The van der Waals surface area contributed by atoms with Crippen molar-refractivity contribution in [3.63, 3.8) is 0 Å². The second-order valence-electron chi connectivity index (χ2n) is 4.83. The fourth-order valence-corrected chi connectivity index (χ4v) is 3.05. The van der Waals surface area contributed by atoms with Gasteiger partial charge in [-0.3, -0.25) is 4.79 Å². The molecule has 1 aliphatic heterocycles. The summed E-state index contributed by atoms with van der Waals surface area (Å²) in [5, 5.41) is 13.3. The lowest BCUT2D eigenvalue weighted by molar-refractivity contribution is -0.121. The van der Waals surface area contributed by atoms with Gasteiger partial charge in [-0.25, -0.2) is 5.43 Å². The minimum Gasteiger partial charge on any atom is -0.491 e. The number of hydrazone groups is 1. The van der Waals surface area contributed by atoms with Crippen LogP contribution in [0.2, 0.25) is 5.02 Å². The van der Waals surface area contributed by atoms with Gasteiger partial charge in [-0.05, 0) is 28.1 Å². The van der Waals surface area contributed by atoms with Crippen molar-refractivity contribution in [3.8, 4) is 5.75 Å². The topological polar surface area (TPSA) is 70.9 Å². The van der Waals surface area contributed by atoms with Crippen LogP contribution in [0.1, 0.15) is 25.3 Å². The number of hydrogen-bond donors (Lipinski definition) is 2. The summed E-state index contributed by atoms with van der Waals surface area (Å²) in [6.07, 6.45) is 0.948. The Kier molecular flexibility index (Phi) is 5.61. The molecule has 1 amide bonds. The van der Waals surface area contributed by atoms with Crippen molar-refractivity contribution in [2.45, 2.75) is 19.8 Å². The molecule has 0 saturated heterocycles. The highest BCUT2D eigenvalue weighted by Crippen LogP contribution is 2.35. The molecule has 7 heteroatoms. The molecule has 0 spiro atoms. The van der Waals surface area contributed by atoms with E-state index in [1.807, 2.05) is 13.0 Å². The van der Waals surface area contributed by atoms with E-state index in [9.17, 15) is 4.79 Å². The smallest absolute Gasteiger partial charge is 0.240 e. The van der Waals surface area contributed by atoms with Gasteiger partial charge in [0.15, 0.2) is 5.75 Å². The first kappa shape index (κ1) is 16.3. The van der Waals surface area contributed by atoms with Crippen LogP contribution in [0.15, 0.2) is 21.7 Å². The number of aliphatic hydroxyl groups is 1. The third-order valence-corrected chi connectivity index (χ3v) is 3.97. The van der Waals surface area contributed by atoms with E-state index >= 15 is 0 Å². The first-order valence-corrected chi connectivity index (χ1v) is 7.79. The maximum Gasteiger partial charge on any atom is 0.240 e. The van der Waals surface area contributed by atoms with Crippen LogP contribution in [0.25, 0.3) is 0 Å². The molecule has 5 nitrogen and oxygen atoms in total. The summed E-state index contributed by atoms with van der Waals surface area (Å²) in [4.78, 5) is 11.3. The lowest BCUT2D eigenvalue weighted by atomic mass is 9.94. The van der Waals surface area contributed by atoms with Gasteiger partial charge in [-0.15, -0.1) is 0 Å². The second-order valence-corrected chi connectivity index (χ2v) is 6.09. The van der Waals surface area contributed by atoms with Gasteiger partial charge in [0.05, 0.1) is 21.8 Å². The van der Waals surface area contributed by atoms with Crippen molar-refractivity contribution < 1.29 is 14.6 Å². The van der Waals surface area contributed by atoms with Crippen LogP contribution in [0.4, 0.5) is 0 Å². The molecule has 0 radical (unpaired) electrons. The summed E-state index contributed by atoms with van der Waals surface area (Å²) >= 11 is 9.68. The van der Waals surface area contributed by atoms with Gasteiger partial charge in [0.1, 0.15) is 0 Å². The number of benzene rings is 1. The Hall–Kier alpha value is -1.11. The van der Waals surface area contributed by atoms with Gasteiger partial charge in [-0.2, -0.15) is 5.10 Å². The van der Waals surface area contributed by atoms with Crippen molar-refractivity contribution in [1.29, 1.82) is 0 Å². The van der Waals surface area contributed by atoms with Gasteiger partial charge in [0.25, 0.3) is 0 Å². The number of aliphatic hydroxyl groups excluding tert-OH is 1. The molecule has 1 atom stereocenters. The zero-order chi connectivity index (χ0) is 15.4. The molecule has 1 aromatic rings. The lowest BCUT2D eigenvalue weighted by Crippen LogP contribution is -2.31. The predicted octanol–water partition coefficient (Wildman–Crippen LogP) is 2.72. The Bertz CT molecular complexity index is 554. The summed E-state index contributed by atoms with van der Waals surface area (Å²) in [7, 11) is 0. The van der Waals surface area contributed by atoms with Crippen LogP contribution in [0.5, 0.6) is 5.75 Å². The minimum absolute atomic E-state index is 0.0304. The van der Waals surface area contributed by atoms with Gasteiger partial charge in [0, 0.05) is 30.9 Å². The van der Waals surface area contributed by atoms with E-state index in [1.54, 1.807) is 6.07 Å². The van der Waals surface area contributed by atoms with Gasteiger partial charge < -0.3 is 9.84 Å². The predicted molar refractivity (Wildman–Crippen MR) is 84.8 cm³/mol. The van der Waals surface area contributed by atoms with Crippen LogP contribution in [0.3, 0.4) is 0 Å². The molecule has 2 N–H and O–H groups in total. The first-order chi connectivity index (χ1) is 10.0. The Morgan fingerprint density at radius 3 is 2.95 bits per heavy atom. The minimum atomic E-state index is -0.0830. The SMILES string of the molecule is CC1CC(=O)NN=C1c1cc(Cl)c(OCCCO)c(Br)c1. The average Bonchev–Trinajstić information content (AvgIpc) is 2.41. The summed E-state index contributed by atoms with van der Waals surface area (Å²) < 4.78 is 6.26. The molecule has 1 aromatic carbocycles. The maximum atomic E-state index is 11.3. The van der Waals surface area contributed by atoms with E-state index in [0.29, 0.717) is 30.2 Å². The van der Waals surface area contributed by atoms with E-state index < -0.39 is 0 Å². The fraction of sp³-hybridized carbons (Fsp3) is 0.429. The Morgan fingerprint density at radius 1 is 1.57 bits per heavy atom. The third-order valence-electron chi connectivity index (χ3n) is 3.10. The maximum absolute atomic E-state index is 11.3. The highest BCUT2D eigenvalue weighted by atomic mass is 79.9. The summed E-state index contributed by atoms with van der Waals surface area (Å²) in [5.41, 5.74) is 4.12. The van der Waals surface area contributed by atoms with Crippen molar-refractivity contribution in [1.82, 2.24) is 5.43 Å². The van der Waals surface area contributed by atoms with Crippen molar-refractivity contribution in [2.75, 3.05) is 13.2 Å². The number of ether oxygens (including phenoxy) is 1. The monoisotopic (exact) mass is 374 g/mol. The van der Waals surface area contributed by atoms with Crippen LogP contribution < -0.4 is 10.2 Å². The van der Waals surface area contributed by atoms with Crippen LogP contribution in [-0.2, 0) is 4.79 Å². The summed E-state index contributed by atoms with van der Waals surface area (Å²) in [6, 6.07) is 3.64. The van der Waals surface area contributed by atoms with Crippen molar-refractivity contribution in [2.24, 2.45) is 11.0 Å².